The maximum atomic E-state index is 9.83. The fourth-order valence-corrected chi connectivity index (χ4v) is 2.20. The van der Waals surface area contributed by atoms with Crippen LogP contribution in [-0.2, 0) is 0 Å². The molecule has 0 heterocycles. The molecule has 0 aromatic rings. The Bertz CT molecular complexity index is 181. The van der Waals surface area contributed by atoms with E-state index in [4.69, 9.17) is 5.11 Å². The van der Waals surface area contributed by atoms with E-state index in [0.29, 0.717) is 12.3 Å². The molecule has 3 nitrogen and oxygen atoms in total. The van der Waals surface area contributed by atoms with Crippen molar-refractivity contribution in [1.29, 1.82) is 0 Å². The molecule has 13 heavy (non-hydrogen) atoms. The Labute approximate surface area is 79.4 Å². The largest absolute Gasteiger partial charge is 0.396 e. The lowest BCUT2D eigenvalue weighted by atomic mass is 9.75. The van der Waals surface area contributed by atoms with Crippen LogP contribution in [0.3, 0.4) is 0 Å². The third-order valence-corrected chi connectivity index (χ3v) is 3.74. The molecule has 0 unspecified atom stereocenters. The fourth-order valence-electron chi connectivity index (χ4n) is 2.20. The van der Waals surface area contributed by atoms with Gasteiger partial charge >= 0.3 is 0 Å². The van der Waals surface area contributed by atoms with Gasteiger partial charge in [-0.3, -0.25) is 0 Å². The third-order valence-electron chi connectivity index (χ3n) is 3.74. The second-order valence-corrected chi connectivity index (χ2v) is 4.74. The zero-order valence-corrected chi connectivity index (χ0v) is 8.57. The summed E-state index contributed by atoms with van der Waals surface area (Å²) in [6.07, 6.45) is -0.772. The van der Waals surface area contributed by atoms with Crippen LogP contribution in [-0.4, -0.2) is 34.1 Å². The average molecular weight is 188 g/mol. The molecule has 1 rings (SSSR count). The summed E-state index contributed by atoms with van der Waals surface area (Å²) < 4.78 is 0. The Morgan fingerprint density at radius 2 is 1.92 bits per heavy atom. The van der Waals surface area contributed by atoms with Crippen molar-refractivity contribution in [2.75, 3.05) is 6.61 Å². The first-order valence-electron chi connectivity index (χ1n) is 4.90. The van der Waals surface area contributed by atoms with Crippen LogP contribution in [0.1, 0.15) is 27.2 Å². The summed E-state index contributed by atoms with van der Waals surface area (Å²) in [7, 11) is 0. The van der Waals surface area contributed by atoms with E-state index >= 15 is 0 Å². The first-order chi connectivity index (χ1) is 5.93. The van der Waals surface area contributed by atoms with Gasteiger partial charge < -0.3 is 15.3 Å². The van der Waals surface area contributed by atoms with Gasteiger partial charge in [-0.1, -0.05) is 20.8 Å². The lowest BCUT2D eigenvalue weighted by Gasteiger charge is -2.32. The molecule has 0 amide bonds. The van der Waals surface area contributed by atoms with Crippen LogP contribution in [0.25, 0.3) is 0 Å². The second kappa shape index (κ2) is 3.56. The summed E-state index contributed by atoms with van der Waals surface area (Å²) in [5, 5.41) is 28.5. The zero-order chi connectivity index (χ0) is 10.2. The Morgan fingerprint density at radius 1 is 1.38 bits per heavy atom. The molecule has 1 saturated carbocycles. The summed E-state index contributed by atoms with van der Waals surface area (Å²) in [6.45, 7) is 6.01. The van der Waals surface area contributed by atoms with E-state index in [1.807, 2.05) is 20.8 Å². The lowest BCUT2D eigenvalue weighted by Crippen LogP contribution is -2.37. The van der Waals surface area contributed by atoms with Crippen molar-refractivity contribution in [2.45, 2.75) is 39.4 Å². The number of hydrogen-bond acceptors (Lipinski definition) is 3. The summed E-state index contributed by atoms with van der Waals surface area (Å²) in [4.78, 5) is 0. The van der Waals surface area contributed by atoms with Crippen LogP contribution in [0.4, 0.5) is 0 Å². The SMILES string of the molecule is CC(C)[C@]1(C)C[C@H](CO)[C@@H](O)[C@H]1O. The highest BCUT2D eigenvalue weighted by molar-refractivity contribution is 5.00. The number of aliphatic hydroxyl groups excluding tert-OH is 3. The van der Waals surface area contributed by atoms with Gasteiger partial charge in [-0.15, -0.1) is 0 Å². The molecule has 78 valence electrons. The fraction of sp³-hybridized carbons (Fsp3) is 1.00. The summed E-state index contributed by atoms with van der Waals surface area (Å²) in [6, 6.07) is 0. The summed E-state index contributed by atoms with van der Waals surface area (Å²) in [5.74, 6) is 0.149. The van der Waals surface area contributed by atoms with Gasteiger partial charge in [0.2, 0.25) is 0 Å². The Hall–Kier alpha value is -0.120. The maximum Gasteiger partial charge on any atom is 0.0858 e. The molecule has 0 bridgehead atoms. The molecule has 1 aliphatic rings. The highest BCUT2D eigenvalue weighted by Crippen LogP contribution is 2.46. The predicted molar refractivity (Wildman–Crippen MR) is 50.2 cm³/mol. The van der Waals surface area contributed by atoms with Crippen molar-refractivity contribution in [3.63, 3.8) is 0 Å². The molecule has 0 radical (unpaired) electrons. The summed E-state index contributed by atoms with van der Waals surface area (Å²) >= 11 is 0. The van der Waals surface area contributed by atoms with Gasteiger partial charge in [0.25, 0.3) is 0 Å². The first-order valence-corrected chi connectivity index (χ1v) is 4.90. The second-order valence-electron chi connectivity index (χ2n) is 4.74. The zero-order valence-electron chi connectivity index (χ0n) is 8.57. The third kappa shape index (κ3) is 1.60. The van der Waals surface area contributed by atoms with Crippen molar-refractivity contribution >= 4 is 0 Å². The van der Waals surface area contributed by atoms with E-state index in [2.05, 4.69) is 0 Å². The van der Waals surface area contributed by atoms with Gasteiger partial charge in [0, 0.05) is 12.5 Å². The topological polar surface area (TPSA) is 60.7 Å². The first kappa shape index (κ1) is 11.0. The predicted octanol–water partition coefficient (Wildman–Crippen LogP) is 0.383. The van der Waals surface area contributed by atoms with Crippen LogP contribution < -0.4 is 0 Å². The van der Waals surface area contributed by atoms with Crippen LogP contribution in [0.15, 0.2) is 0 Å². The molecule has 0 saturated heterocycles. The molecule has 3 N–H and O–H groups in total. The van der Waals surface area contributed by atoms with Crippen LogP contribution >= 0.6 is 0 Å². The van der Waals surface area contributed by atoms with Gasteiger partial charge in [0.15, 0.2) is 0 Å². The van der Waals surface area contributed by atoms with E-state index in [1.165, 1.54) is 0 Å². The van der Waals surface area contributed by atoms with Crippen molar-refractivity contribution in [3.8, 4) is 0 Å². The van der Waals surface area contributed by atoms with E-state index < -0.39 is 12.2 Å². The van der Waals surface area contributed by atoms with Gasteiger partial charge in [-0.25, -0.2) is 0 Å². The van der Waals surface area contributed by atoms with E-state index in [1.54, 1.807) is 0 Å². The van der Waals surface area contributed by atoms with Crippen LogP contribution in [0.5, 0.6) is 0 Å². The molecule has 0 aromatic heterocycles. The number of hydrogen-bond donors (Lipinski definition) is 3. The van der Waals surface area contributed by atoms with Crippen LogP contribution in [0, 0.1) is 17.3 Å². The minimum absolute atomic E-state index is 0.0411. The van der Waals surface area contributed by atoms with Crippen molar-refractivity contribution in [3.05, 3.63) is 0 Å². The minimum Gasteiger partial charge on any atom is -0.396 e. The van der Waals surface area contributed by atoms with E-state index in [-0.39, 0.29) is 17.9 Å². The molecule has 0 spiro atoms. The Kier molecular flexibility index (Phi) is 3.00. The van der Waals surface area contributed by atoms with Gasteiger partial charge in [0.05, 0.1) is 12.2 Å². The Morgan fingerprint density at radius 3 is 2.15 bits per heavy atom. The van der Waals surface area contributed by atoms with Crippen molar-refractivity contribution in [1.82, 2.24) is 0 Å². The minimum atomic E-state index is -0.766. The van der Waals surface area contributed by atoms with Crippen molar-refractivity contribution < 1.29 is 15.3 Å². The highest BCUT2D eigenvalue weighted by Gasteiger charge is 2.50. The quantitative estimate of drug-likeness (QED) is 0.587. The van der Waals surface area contributed by atoms with Gasteiger partial charge in [0.1, 0.15) is 0 Å². The molecule has 4 atom stereocenters. The molecule has 0 aliphatic heterocycles. The molecular formula is C10H20O3. The molecule has 1 aliphatic carbocycles. The maximum absolute atomic E-state index is 9.83. The van der Waals surface area contributed by atoms with Crippen LogP contribution in [0.2, 0.25) is 0 Å². The molecule has 3 heteroatoms. The smallest absolute Gasteiger partial charge is 0.0858 e. The molecule has 0 aromatic carbocycles. The molecular weight excluding hydrogens is 168 g/mol. The number of aliphatic hydroxyl groups is 3. The normalized spacial score (nSPS) is 45.9. The highest BCUT2D eigenvalue weighted by atomic mass is 16.3. The average Bonchev–Trinajstić information content (AvgIpc) is 2.31. The molecule has 1 fully saturated rings. The van der Waals surface area contributed by atoms with Gasteiger partial charge in [-0.2, -0.15) is 0 Å². The summed E-state index contributed by atoms with van der Waals surface area (Å²) in [5.41, 5.74) is -0.257. The van der Waals surface area contributed by atoms with Crippen molar-refractivity contribution in [2.24, 2.45) is 17.3 Å². The lowest BCUT2D eigenvalue weighted by molar-refractivity contribution is -0.0423. The monoisotopic (exact) mass is 188 g/mol. The standard InChI is InChI=1S/C10H20O3/c1-6(2)10(3)4-7(5-11)8(12)9(10)13/h6-9,11-13H,4-5H2,1-3H3/t7-,8-,9-,10+/m1/s1. The van der Waals surface area contributed by atoms with E-state index in [9.17, 15) is 10.2 Å². The number of rotatable bonds is 2. The van der Waals surface area contributed by atoms with Gasteiger partial charge in [-0.05, 0) is 17.8 Å². The Balaban J connectivity index is 2.81. The van der Waals surface area contributed by atoms with E-state index in [0.717, 1.165) is 0 Å².